The van der Waals surface area contributed by atoms with Crippen molar-refractivity contribution in [3.63, 3.8) is 0 Å². The van der Waals surface area contributed by atoms with E-state index in [0.29, 0.717) is 6.42 Å². The van der Waals surface area contributed by atoms with E-state index in [-0.39, 0.29) is 5.78 Å². The average Bonchev–Trinajstić information content (AvgIpc) is 2.85. The van der Waals surface area contributed by atoms with E-state index in [1.807, 2.05) is 20.8 Å². The monoisotopic (exact) mass is 552 g/mol. The number of rotatable bonds is 17. The van der Waals surface area contributed by atoms with E-state index in [1.165, 1.54) is 33.4 Å². The van der Waals surface area contributed by atoms with Crippen LogP contribution in [0.4, 0.5) is 0 Å². The zero-order chi connectivity index (χ0) is 31.0. The number of allylic oxidation sites excluding steroid dienone is 24. The lowest BCUT2D eigenvalue weighted by atomic mass is 10.1. The summed E-state index contributed by atoms with van der Waals surface area (Å²) in [6.07, 6.45) is 38.6. The molecule has 0 radical (unpaired) electrons. The van der Waals surface area contributed by atoms with Crippen molar-refractivity contribution in [2.24, 2.45) is 0 Å². The van der Waals surface area contributed by atoms with Gasteiger partial charge in [0.1, 0.15) is 0 Å². The Hall–Kier alpha value is -3.45. The van der Waals surface area contributed by atoms with Gasteiger partial charge in [0.25, 0.3) is 0 Å². The Labute approximate surface area is 253 Å². The number of hydrogen-bond donors (Lipinski definition) is 0. The molecule has 1 heteroatoms. The molecule has 0 aliphatic rings. The van der Waals surface area contributed by atoms with Gasteiger partial charge in [-0.15, -0.1) is 0 Å². The fraction of sp³-hybridized carbons (Fsp3) is 0.375. The largest absolute Gasteiger partial charge is 0.295 e. The van der Waals surface area contributed by atoms with Crippen LogP contribution in [0.5, 0.6) is 0 Å². The van der Waals surface area contributed by atoms with Gasteiger partial charge < -0.3 is 0 Å². The lowest BCUT2D eigenvalue weighted by Crippen LogP contribution is -1.94. The number of ketones is 1. The van der Waals surface area contributed by atoms with E-state index < -0.39 is 0 Å². The normalized spacial score (nSPS) is 14.7. The average molecular weight is 553 g/mol. The Bertz CT molecular complexity index is 1180. The molecule has 0 saturated carbocycles. The zero-order valence-electron chi connectivity index (χ0n) is 27.7. The standard InChI is InChI=1S/C40H56O/c1-32(2)18-13-21-36(7)24-16-27-37(8)25-14-22-34(5)19-11-12-20-35(6)23-15-26-38(9)28-17-29-39(10)31-40(41)30-33(3)4/h11-12,14-16,18-20,22-27,29-30H,13,17,21,28,31H2,1-10H3/b12-11+,22-14+,23-15+,27-16+,34-19+,35-20+,36-24+,37-25+,38-26+,39-29+. The molecule has 0 rings (SSSR count). The van der Waals surface area contributed by atoms with Gasteiger partial charge in [-0.25, -0.2) is 0 Å². The fourth-order valence-electron chi connectivity index (χ4n) is 3.68. The maximum atomic E-state index is 11.9. The molecule has 0 aromatic carbocycles. The summed E-state index contributed by atoms with van der Waals surface area (Å²) in [5.41, 5.74) is 9.95. The van der Waals surface area contributed by atoms with Gasteiger partial charge in [0.2, 0.25) is 0 Å². The second-order valence-corrected chi connectivity index (χ2v) is 11.5. The first-order chi connectivity index (χ1) is 19.4. The summed E-state index contributed by atoms with van der Waals surface area (Å²) in [6.45, 7) is 20.9. The minimum absolute atomic E-state index is 0.184. The first-order valence-electron chi connectivity index (χ1n) is 14.9. The van der Waals surface area contributed by atoms with E-state index >= 15 is 0 Å². The third-order valence-corrected chi connectivity index (χ3v) is 6.05. The highest BCUT2D eigenvalue weighted by Gasteiger charge is 1.99. The predicted octanol–water partition coefficient (Wildman–Crippen LogP) is 12.3. The van der Waals surface area contributed by atoms with Gasteiger partial charge in [0, 0.05) is 6.42 Å². The van der Waals surface area contributed by atoms with Crippen LogP contribution < -0.4 is 0 Å². The maximum Gasteiger partial charge on any atom is 0.159 e. The first kappa shape index (κ1) is 37.6. The molecule has 0 aromatic heterocycles. The van der Waals surface area contributed by atoms with Crippen molar-refractivity contribution in [1.29, 1.82) is 0 Å². The van der Waals surface area contributed by atoms with Crippen LogP contribution in [0.25, 0.3) is 0 Å². The minimum Gasteiger partial charge on any atom is -0.295 e. The van der Waals surface area contributed by atoms with Crippen molar-refractivity contribution in [2.45, 2.75) is 101 Å². The van der Waals surface area contributed by atoms with Gasteiger partial charge in [0.05, 0.1) is 0 Å². The highest BCUT2D eigenvalue weighted by molar-refractivity contribution is 5.91. The van der Waals surface area contributed by atoms with Crippen molar-refractivity contribution in [1.82, 2.24) is 0 Å². The van der Waals surface area contributed by atoms with Crippen LogP contribution in [-0.2, 0) is 4.79 Å². The molecule has 0 aliphatic carbocycles. The van der Waals surface area contributed by atoms with Crippen molar-refractivity contribution in [3.8, 4) is 0 Å². The summed E-state index contributed by atoms with van der Waals surface area (Å²) in [7, 11) is 0. The molecule has 0 atom stereocenters. The van der Waals surface area contributed by atoms with Crippen LogP contribution >= 0.6 is 0 Å². The highest BCUT2D eigenvalue weighted by Crippen LogP contribution is 2.11. The van der Waals surface area contributed by atoms with Gasteiger partial charge in [-0.05, 0) is 101 Å². The van der Waals surface area contributed by atoms with Gasteiger partial charge >= 0.3 is 0 Å². The Balaban J connectivity index is 4.66. The van der Waals surface area contributed by atoms with E-state index in [1.54, 1.807) is 6.08 Å². The Morgan fingerprint density at radius 1 is 0.463 bits per heavy atom. The zero-order valence-corrected chi connectivity index (χ0v) is 27.7. The molecule has 0 heterocycles. The molecule has 1 nitrogen and oxygen atoms in total. The summed E-state index contributed by atoms with van der Waals surface area (Å²) < 4.78 is 0. The SMILES string of the molecule is CC(C)=CCC/C(C)=C/C=C/C(C)=C/C=C/C(C)=C/C=C/C=C(C)/C=C/C=C(\C)CC/C=C(\C)CC(=O)C=C(C)C. The molecule has 0 spiro atoms. The third-order valence-electron chi connectivity index (χ3n) is 6.05. The van der Waals surface area contributed by atoms with Crippen molar-refractivity contribution >= 4 is 5.78 Å². The lowest BCUT2D eigenvalue weighted by Gasteiger charge is -2.00. The van der Waals surface area contributed by atoms with Crippen LogP contribution in [0.2, 0.25) is 0 Å². The number of carbonyl (C=O) groups excluding carboxylic acids is 1. The van der Waals surface area contributed by atoms with E-state index in [9.17, 15) is 4.79 Å². The molecule has 222 valence electrons. The van der Waals surface area contributed by atoms with Gasteiger partial charge in [-0.3, -0.25) is 4.79 Å². The molecule has 0 N–H and O–H groups in total. The van der Waals surface area contributed by atoms with E-state index in [0.717, 1.165) is 36.8 Å². The third kappa shape index (κ3) is 25.3. The Kier molecular flexibility index (Phi) is 21.3. The second kappa shape index (κ2) is 23.3. The van der Waals surface area contributed by atoms with Crippen molar-refractivity contribution < 1.29 is 4.79 Å². The summed E-state index contributed by atoms with van der Waals surface area (Å²) in [6, 6.07) is 0. The molecular formula is C40H56O. The summed E-state index contributed by atoms with van der Waals surface area (Å²) in [5.74, 6) is 0.184. The molecular weight excluding hydrogens is 496 g/mol. The van der Waals surface area contributed by atoms with Crippen LogP contribution in [0.3, 0.4) is 0 Å². The maximum absolute atomic E-state index is 11.9. The fourth-order valence-corrected chi connectivity index (χ4v) is 3.68. The molecule has 0 fully saturated rings. The topological polar surface area (TPSA) is 17.1 Å². The summed E-state index contributed by atoms with van der Waals surface area (Å²) in [4.78, 5) is 11.9. The minimum atomic E-state index is 0.184. The summed E-state index contributed by atoms with van der Waals surface area (Å²) in [5, 5.41) is 0. The van der Waals surface area contributed by atoms with Crippen molar-refractivity contribution in [2.75, 3.05) is 0 Å². The van der Waals surface area contributed by atoms with Crippen LogP contribution in [0.1, 0.15) is 101 Å². The smallest absolute Gasteiger partial charge is 0.159 e. The highest BCUT2D eigenvalue weighted by atomic mass is 16.1. The Morgan fingerprint density at radius 2 is 0.878 bits per heavy atom. The van der Waals surface area contributed by atoms with E-state index in [2.05, 4.69) is 140 Å². The molecule has 0 aliphatic heterocycles. The van der Waals surface area contributed by atoms with Crippen LogP contribution in [0.15, 0.2) is 142 Å². The number of carbonyl (C=O) groups is 1. The number of hydrogen-bond acceptors (Lipinski definition) is 1. The summed E-state index contributed by atoms with van der Waals surface area (Å²) >= 11 is 0. The quantitative estimate of drug-likeness (QED) is 0.0996. The van der Waals surface area contributed by atoms with E-state index in [4.69, 9.17) is 0 Å². The van der Waals surface area contributed by atoms with Crippen molar-refractivity contribution in [3.05, 3.63) is 142 Å². The predicted molar refractivity (Wildman–Crippen MR) is 186 cm³/mol. The molecule has 41 heavy (non-hydrogen) atoms. The van der Waals surface area contributed by atoms with Crippen LogP contribution in [-0.4, -0.2) is 5.78 Å². The molecule has 0 aromatic rings. The Morgan fingerprint density at radius 3 is 1.32 bits per heavy atom. The molecule has 0 unspecified atom stereocenters. The second-order valence-electron chi connectivity index (χ2n) is 11.5. The first-order valence-corrected chi connectivity index (χ1v) is 14.9. The van der Waals surface area contributed by atoms with Gasteiger partial charge in [-0.2, -0.15) is 0 Å². The molecule has 0 amide bonds. The molecule has 0 saturated heterocycles. The lowest BCUT2D eigenvalue weighted by molar-refractivity contribution is -0.114. The molecule has 0 bridgehead atoms. The van der Waals surface area contributed by atoms with Gasteiger partial charge in [-0.1, -0.05) is 136 Å². The van der Waals surface area contributed by atoms with Gasteiger partial charge in [0.15, 0.2) is 5.78 Å². The van der Waals surface area contributed by atoms with Crippen LogP contribution in [0, 0.1) is 0 Å².